The lowest BCUT2D eigenvalue weighted by Gasteiger charge is -2.33. The molecule has 7 nitrogen and oxygen atoms in total. The summed E-state index contributed by atoms with van der Waals surface area (Å²) in [6, 6.07) is 5.28. The molecule has 3 rings (SSSR count). The maximum Gasteiger partial charge on any atom is 0.354 e. The molecule has 0 saturated carbocycles. The number of rotatable bonds is 3. The lowest BCUT2D eigenvalue weighted by molar-refractivity contribution is 0.0689. The highest BCUT2D eigenvalue weighted by Gasteiger charge is 2.17. The summed E-state index contributed by atoms with van der Waals surface area (Å²) < 4.78 is 0. The van der Waals surface area contributed by atoms with E-state index < -0.39 is 5.97 Å². The van der Waals surface area contributed by atoms with Crippen LogP contribution in [0.25, 0.3) is 0 Å². The molecule has 7 heteroatoms. The Balaban J connectivity index is 1.64. The van der Waals surface area contributed by atoms with E-state index in [4.69, 9.17) is 5.11 Å². The van der Waals surface area contributed by atoms with Gasteiger partial charge in [-0.05, 0) is 51.2 Å². The fraction of sp³-hybridized carbons (Fsp3) is 0.684. The van der Waals surface area contributed by atoms with E-state index in [9.17, 15) is 4.79 Å². The van der Waals surface area contributed by atoms with Gasteiger partial charge in [-0.25, -0.2) is 9.78 Å². The van der Waals surface area contributed by atoms with Crippen LogP contribution in [0.15, 0.2) is 18.2 Å². The molecule has 26 heavy (non-hydrogen) atoms. The van der Waals surface area contributed by atoms with Crippen molar-refractivity contribution in [3.8, 4) is 0 Å². The van der Waals surface area contributed by atoms with E-state index in [0.29, 0.717) is 0 Å². The smallest absolute Gasteiger partial charge is 0.354 e. The van der Waals surface area contributed by atoms with Gasteiger partial charge < -0.3 is 20.2 Å². The molecule has 2 aliphatic rings. The van der Waals surface area contributed by atoms with Gasteiger partial charge in [-0.1, -0.05) is 6.07 Å². The van der Waals surface area contributed by atoms with Gasteiger partial charge in [0.25, 0.3) is 0 Å². The Morgan fingerprint density at radius 2 is 1.73 bits per heavy atom. The second-order valence-electron chi connectivity index (χ2n) is 7.24. The molecule has 0 aromatic carbocycles. The number of hydrogen-bond acceptors (Lipinski definition) is 6. The molecule has 0 amide bonds. The first-order valence-corrected chi connectivity index (χ1v) is 9.78. The molecule has 2 aliphatic heterocycles. The lowest BCUT2D eigenvalue weighted by Crippen LogP contribution is -2.46. The number of carboxylic acid groups (broad SMARTS) is 1. The first-order chi connectivity index (χ1) is 12.7. The van der Waals surface area contributed by atoms with Gasteiger partial charge >= 0.3 is 5.97 Å². The molecule has 2 saturated heterocycles. The van der Waals surface area contributed by atoms with Gasteiger partial charge in [0.1, 0.15) is 5.69 Å². The Morgan fingerprint density at radius 1 is 0.962 bits per heavy atom. The zero-order chi connectivity index (χ0) is 18.2. The van der Waals surface area contributed by atoms with Gasteiger partial charge in [-0.15, -0.1) is 0 Å². The molecule has 1 aromatic rings. The standard InChI is InChI=1S/C19H31N5O2/c25-19(26)18-5-1-4-17(21-18)16-24-10-3-9-22-11-7-20-6-2-8-23(13-12-22)14-15-24/h1,4-5,20H,2-3,6-16H2,(H,25,26). The van der Waals surface area contributed by atoms with Crippen molar-refractivity contribution in [2.24, 2.45) is 0 Å². The first-order valence-electron chi connectivity index (χ1n) is 9.78. The van der Waals surface area contributed by atoms with Crippen molar-refractivity contribution < 1.29 is 9.90 Å². The molecule has 0 spiro atoms. The van der Waals surface area contributed by atoms with Gasteiger partial charge in [-0.3, -0.25) is 4.90 Å². The predicted octanol–water partition coefficient (Wildman–Crippen LogP) is 0.583. The highest BCUT2D eigenvalue weighted by atomic mass is 16.4. The van der Waals surface area contributed by atoms with E-state index in [0.717, 1.165) is 84.1 Å². The van der Waals surface area contributed by atoms with Crippen LogP contribution in [-0.2, 0) is 6.54 Å². The summed E-state index contributed by atoms with van der Waals surface area (Å²) in [6.45, 7) is 11.7. The minimum Gasteiger partial charge on any atom is -0.477 e. The number of hydrogen-bond donors (Lipinski definition) is 2. The van der Waals surface area contributed by atoms with Crippen LogP contribution in [0.3, 0.4) is 0 Å². The second-order valence-corrected chi connectivity index (χ2v) is 7.24. The summed E-state index contributed by atoms with van der Waals surface area (Å²) in [5.41, 5.74) is 0.974. The molecule has 2 N–H and O–H groups in total. The molecule has 3 heterocycles. The average Bonchev–Trinajstić information content (AvgIpc) is 2.65. The third kappa shape index (κ3) is 6.02. The number of fused-ring (bicyclic) bond motifs is 3. The highest BCUT2D eigenvalue weighted by Crippen LogP contribution is 2.08. The van der Waals surface area contributed by atoms with Gasteiger partial charge in [0.2, 0.25) is 0 Å². The molecule has 2 unspecified atom stereocenters. The van der Waals surface area contributed by atoms with Crippen molar-refractivity contribution in [2.45, 2.75) is 19.4 Å². The molecule has 0 aliphatic carbocycles. The fourth-order valence-electron chi connectivity index (χ4n) is 3.73. The van der Waals surface area contributed by atoms with Crippen LogP contribution in [0.5, 0.6) is 0 Å². The third-order valence-electron chi connectivity index (χ3n) is 5.26. The fourth-order valence-corrected chi connectivity index (χ4v) is 3.73. The number of carbonyl (C=O) groups is 1. The van der Waals surface area contributed by atoms with Crippen LogP contribution < -0.4 is 5.32 Å². The van der Waals surface area contributed by atoms with Crippen LogP contribution in [-0.4, -0.2) is 96.2 Å². The monoisotopic (exact) mass is 361 g/mol. The summed E-state index contributed by atoms with van der Waals surface area (Å²) >= 11 is 0. The van der Waals surface area contributed by atoms with Crippen LogP contribution in [0, 0.1) is 0 Å². The summed E-state index contributed by atoms with van der Waals surface area (Å²) in [5, 5.41) is 12.7. The van der Waals surface area contributed by atoms with Crippen molar-refractivity contribution in [1.29, 1.82) is 0 Å². The summed E-state index contributed by atoms with van der Waals surface area (Å²) in [6.07, 6.45) is 2.33. The Kier molecular flexibility index (Phi) is 7.37. The number of aromatic carboxylic acids is 1. The highest BCUT2D eigenvalue weighted by molar-refractivity contribution is 5.85. The molecule has 2 bridgehead atoms. The van der Waals surface area contributed by atoms with Gasteiger partial charge in [0, 0.05) is 45.8 Å². The van der Waals surface area contributed by atoms with Gasteiger partial charge in [-0.2, -0.15) is 0 Å². The normalized spacial score (nSPS) is 26.3. The molecular weight excluding hydrogens is 330 g/mol. The molecule has 2 atom stereocenters. The largest absolute Gasteiger partial charge is 0.477 e. The van der Waals surface area contributed by atoms with Crippen LogP contribution in [0.2, 0.25) is 0 Å². The summed E-state index contributed by atoms with van der Waals surface area (Å²) in [7, 11) is 0. The minimum atomic E-state index is -0.960. The topological polar surface area (TPSA) is 71.9 Å². The van der Waals surface area contributed by atoms with Crippen molar-refractivity contribution >= 4 is 5.97 Å². The molecule has 2 fully saturated rings. The third-order valence-corrected chi connectivity index (χ3v) is 5.26. The van der Waals surface area contributed by atoms with E-state index >= 15 is 0 Å². The van der Waals surface area contributed by atoms with Crippen LogP contribution >= 0.6 is 0 Å². The average molecular weight is 361 g/mol. The SMILES string of the molecule is O=C(O)c1cccc(CN2CCCN3CCNCCCN(CC3)CC2)n1. The van der Waals surface area contributed by atoms with Gasteiger partial charge in [0.05, 0.1) is 5.69 Å². The molecule has 1 aromatic heterocycles. The van der Waals surface area contributed by atoms with Crippen LogP contribution in [0.1, 0.15) is 29.0 Å². The number of nitrogens with zero attached hydrogens (tertiary/aromatic N) is 4. The van der Waals surface area contributed by atoms with Crippen molar-refractivity contribution in [1.82, 2.24) is 25.0 Å². The molecular formula is C19H31N5O2. The molecule has 0 radical (unpaired) electrons. The maximum absolute atomic E-state index is 11.2. The quantitative estimate of drug-likeness (QED) is 0.816. The second kappa shape index (κ2) is 9.97. The minimum absolute atomic E-state index is 0.131. The van der Waals surface area contributed by atoms with E-state index in [2.05, 4.69) is 25.0 Å². The van der Waals surface area contributed by atoms with E-state index in [1.54, 1.807) is 12.1 Å². The van der Waals surface area contributed by atoms with E-state index in [-0.39, 0.29) is 5.69 Å². The van der Waals surface area contributed by atoms with Crippen molar-refractivity contribution in [3.63, 3.8) is 0 Å². The predicted molar refractivity (Wildman–Crippen MR) is 101 cm³/mol. The lowest BCUT2D eigenvalue weighted by atomic mass is 10.2. The summed E-state index contributed by atoms with van der Waals surface area (Å²) in [5.74, 6) is -0.960. The van der Waals surface area contributed by atoms with E-state index in [1.165, 1.54) is 6.42 Å². The zero-order valence-corrected chi connectivity index (χ0v) is 15.6. The zero-order valence-electron chi connectivity index (χ0n) is 15.6. The van der Waals surface area contributed by atoms with Gasteiger partial charge in [0.15, 0.2) is 0 Å². The number of aromatic nitrogens is 1. The number of pyridine rings is 1. The number of nitrogens with one attached hydrogen (secondary N) is 1. The van der Waals surface area contributed by atoms with Crippen LogP contribution in [0.4, 0.5) is 0 Å². The van der Waals surface area contributed by atoms with E-state index in [1.807, 2.05) is 6.07 Å². The van der Waals surface area contributed by atoms with Crippen molar-refractivity contribution in [3.05, 3.63) is 29.6 Å². The number of carboxylic acids is 1. The Hall–Kier alpha value is -1.54. The maximum atomic E-state index is 11.2. The Morgan fingerprint density at radius 3 is 2.58 bits per heavy atom. The Bertz CT molecular complexity index is 583. The van der Waals surface area contributed by atoms with Crippen molar-refractivity contribution in [2.75, 3.05) is 65.4 Å². The first kappa shape index (κ1) is 19.2. The summed E-state index contributed by atoms with van der Waals surface area (Å²) in [4.78, 5) is 23.0. The molecule has 144 valence electrons. The Labute approximate surface area is 156 Å².